The molecule has 0 rings (SSSR count). The molecule has 0 spiro atoms. The highest BCUT2D eigenvalue weighted by Gasteiger charge is 2.15. The van der Waals surface area contributed by atoms with Crippen molar-refractivity contribution in [3.8, 4) is 0 Å². The van der Waals surface area contributed by atoms with E-state index in [0.717, 1.165) is 6.42 Å². The van der Waals surface area contributed by atoms with Crippen molar-refractivity contribution in [1.82, 2.24) is 5.32 Å². The number of carboxylic acids is 1. The monoisotopic (exact) mass is 202 g/mol. The van der Waals surface area contributed by atoms with E-state index in [1.54, 1.807) is 6.92 Å². The number of carbonyl (C=O) groups is 2. The Balaban J connectivity index is 3.86. The van der Waals surface area contributed by atoms with Crippen molar-refractivity contribution in [2.75, 3.05) is 0 Å². The van der Waals surface area contributed by atoms with E-state index in [-0.39, 0.29) is 18.4 Å². The van der Waals surface area contributed by atoms with Crippen molar-refractivity contribution in [3.05, 3.63) is 0 Å². The van der Waals surface area contributed by atoms with Crippen LogP contribution in [0.5, 0.6) is 0 Å². The second kappa shape index (κ2) is 6.37. The molecule has 0 bridgehead atoms. The zero-order valence-corrected chi connectivity index (χ0v) is 8.62. The van der Waals surface area contributed by atoms with E-state index < -0.39 is 12.0 Å². The van der Waals surface area contributed by atoms with Crippen LogP contribution in [-0.4, -0.2) is 29.1 Å². The Kier molecular flexibility index (Phi) is 5.87. The van der Waals surface area contributed by atoms with Gasteiger partial charge in [-0.1, -0.05) is 13.3 Å². The molecule has 1 amide bonds. The number of aliphatic carboxylic acids is 1. The smallest absolute Gasteiger partial charge is 0.305 e. The number of rotatable bonds is 6. The Morgan fingerprint density at radius 2 is 2.07 bits per heavy atom. The summed E-state index contributed by atoms with van der Waals surface area (Å²) in [5.74, 6) is -1.21. The second-order valence-corrected chi connectivity index (χ2v) is 3.40. The Morgan fingerprint density at radius 3 is 2.50 bits per heavy atom. The summed E-state index contributed by atoms with van der Waals surface area (Å²) in [5, 5.41) is 11.0. The summed E-state index contributed by atoms with van der Waals surface area (Å²) in [6.07, 6.45) is 1.37. The zero-order chi connectivity index (χ0) is 11.1. The molecule has 14 heavy (non-hydrogen) atoms. The first-order valence-corrected chi connectivity index (χ1v) is 4.75. The first-order valence-electron chi connectivity index (χ1n) is 4.75. The number of carbonyl (C=O) groups excluding carboxylic acids is 1. The van der Waals surface area contributed by atoms with Crippen LogP contribution < -0.4 is 11.1 Å². The minimum atomic E-state index is -0.929. The third-order valence-corrected chi connectivity index (χ3v) is 1.81. The predicted molar refractivity (Wildman–Crippen MR) is 52.7 cm³/mol. The van der Waals surface area contributed by atoms with Gasteiger partial charge in [0, 0.05) is 6.04 Å². The van der Waals surface area contributed by atoms with Gasteiger partial charge in [0.25, 0.3) is 0 Å². The van der Waals surface area contributed by atoms with Gasteiger partial charge >= 0.3 is 5.97 Å². The van der Waals surface area contributed by atoms with Crippen molar-refractivity contribution in [1.29, 1.82) is 0 Å². The molecule has 0 aromatic heterocycles. The van der Waals surface area contributed by atoms with Crippen LogP contribution in [0.2, 0.25) is 0 Å². The summed E-state index contributed by atoms with van der Waals surface area (Å²) < 4.78 is 0. The molecule has 0 saturated carbocycles. The van der Waals surface area contributed by atoms with E-state index in [1.807, 2.05) is 6.92 Å². The van der Waals surface area contributed by atoms with E-state index in [0.29, 0.717) is 6.42 Å². The molecule has 0 heterocycles. The summed E-state index contributed by atoms with van der Waals surface area (Å²) in [6, 6.07) is -0.904. The van der Waals surface area contributed by atoms with E-state index in [4.69, 9.17) is 10.8 Å². The third kappa shape index (κ3) is 5.53. The molecule has 82 valence electrons. The maximum absolute atomic E-state index is 11.3. The Morgan fingerprint density at radius 1 is 1.50 bits per heavy atom. The van der Waals surface area contributed by atoms with E-state index in [9.17, 15) is 9.59 Å². The summed E-state index contributed by atoms with van der Waals surface area (Å²) in [4.78, 5) is 21.6. The highest BCUT2D eigenvalue weighted by molar-refractivity contribution is 5.82. The Labute approximate surface area is 83.7 Å². The number of amides is 1. The second-order valence-electron chi connectivity index (χ2n) is 3.40. The van der Waals surface area contributed by atoms with Crippen molar-refractivity contribution in [2.24, 2.45) is 5.73 Å². The van der Waals surface area contributed by atoms with E-state index in [1.165, 1.54) is 0 Å². The average molecular weight is 202 g/mol. The molecule has 4 N–H and O–H groups in total. The van der Waals surface area contributed by atoms with E-state index >= 15 is 0 Å². The fraction of sp³-hybridized carbons (Fsp3) is 0.778. The van der Waals surface area contributed by atoms with Crippen LogP contribution in [0, 0.1) is 0 Å². The minimum absolute atomic E-state index is 0.0788. The molecular formula is C9H18N2O3. The number of nitrogens with two attached hydrogens (primary N) is 1. The summed E-state index contributed by atoms with van der Waals surface area (Å²) in [7, 11) is 0. The van der Waals surface area contributed by atoms with Crippen LogP contribution in [0.3, 0.4) is 0 Å². The SMILES string of the molecule is CCC[C@@H](N)C(=O)NC(C)CC(=O)O. The van der Waals surface area contributed by atoms with Crippen molar-refractivity contribution >= 4 is 11.9 Å². The normalized spacial score (nSPS) is 14.5. The van der Waals surface area contributed by atoms with Gasteiger partial charge in [-0.2, -0.15) is 0 Å². The predicted octanol–water partition coefficient (Wildman–Crippen LogP) is 0.0932. The van der Waals surface area contributed by atoms with Crippen LogP contribution in [0.25, 0.3) is 0 Å². The van der Waals surface area contributed by atoms with Crippen molar-refractivity contribution in [3.63, 3.8) is 0 Å². The molecule has 0 radical (unpaired) electrons. The van der Waals surface area contributed by atoms with Crippen LogP contribution in [0.1, 0.15) is 33.1 Å². The van der Waals surface area contributed by atoms with Crippen molar-refractivity contribution in [2.45, 2.75) is 45.2 Å². The van der Waals surface area contributed by atoms with Crippen LogP contribution in [-0.2, 0) is 9.59 Å². The molecular weight excluding hydrogens is 184 g/mol. The summed E-state index contributed by atoms with van der Waals surface area (Å²) >= 11 is 0. The Bertz CT molecular complexity index is 206. The molecule has 0 fully saturated rings. The molecule has 1 unspecified atom stereocenters. The van der Waals surface area contributed by atoms with Gasteiger partial charge in [0.05, 0.1) is 12.5 Å². The van der Waals surface area contributed by atoms with Gasteiger partial charge in [-0.25, -0.2) is 0 Å². The van der Waals surface area contributed by atoms with Gasteiger partial charge in [0.2, 0.25) is 5.91 Å². The van der Waals surface area contributed by atoms with Gasteiger partial charge in [0.1, 0.15) is 0 Å². The van der Waals surface area contributed by atoms with Crippen LogP contribution in [0.4, 0.5) is 0 Å². The fourth-order valence-corrected chi connectivity index (χ4v) is 1.10. The first kappa shape index (κ1) is 12.9. The quantitative estimate of drug-likeness (QED) is 0.569. The fourth-order valence-electron chi connectivity index (χ4n) is 1.10. The van der Waals surface area contributed by atoms with Crippen molar-refractivity contribution < 1.29 is 14.7 Å². The number of nitrogens with one attached hydrogen (secondary N) is 1. The zero-order valence-electron chi connectivity index (χ0n) is 8.62. The van der Waals surface area contributed by atoms with E-state index in [2.05, 4.69) is 5.32 Å². The first-order chi connectivity index (χ1) is 6.47. The standard InChI is InChI=1S/C9H18N2O3/c1-3-4-7(10)9(14)11-6(2)5-8(12)13/h6-7H,3-5,10H2,1-2H3,(H,11,14)(H,12,13)/t6?,7-/m1/s1. The lowest BCUT2D eigenvalue weighted by atomic mass is 10.1. The number of hydrogen-bond donors (Lipinski definition) is 3. The van der Waals surface area contributed by atoms with Gasteiger partial charge in [-0.05, 0) is 13.3 Å². The summed E-state index contributed by atoms with van der Waals surface area (Å²) in [5.41, 5.74) is 5.55. The van der Waals surface area contributed by atoms with Gasteiger partial charge < -0.3 is 16.2 Å². The van der Waals surface area contributed by atoms with Gasteiger partial charge in [-0.3, -0.25) is 9.59 Å². The molecule has 2 atom stereocenters. The van der Waals surface area contributed by atoms with Crippen LogP contribution >= 0.6 is 0 Å². The Hall–Kier alpha value is -1.10. The molecule has 0 aliphatic heterocycles. The number of carboxylic acid groups (broad SMARTS) is 1. The molecule has 5 heteroatoms. The molecule has 0 saturated heterocycles. The maximum Gasteiger partial charge on any atom is 0.305 e. The molecule has 5 nitrogen and oxygen atoms in total. The van der Waals surface area contributed by atoms with Gasteiger partial charge in [-0.15, -0.1) is 0 Å². The highest BCUT2D eigenvalue weighted by atomic mass is 16.4. The molecule has 0 aliphatic carbocycles. The molecule has 0 aliphatic rings. The minimum Gasteiger partial charge on any atom is -0.481 e. The average Bonchev–Trinajstić information content (AvgIpc) is 2.02. The summed E-state index contributed by atoms with van der Waals surface area (Å²) in [6.45, 7) is 3.58. The largest absolute Gasteiger partial charge is 0.481 e. The van der Waals surface area contributed by atoms with Crippen LogP contribution in [0.15, 0.2) is 0 Å². The topological polar surface area (TPSA) is 92.4 Å². The molecule has 0 aromatic rings. The lowest BCUT2D eigenvalue weighted by Gasteiger charge is -2.15. The highest BCUT2D eigenvalue weighted by Crippen LogP contribution is 1.96. The lowest BCUT2D eigenvalue weighted by molar-refractivity contribution is -0.137. The lowest BCUT2D eigenvalue weighted by Crippen LogP contribution is -2.44. The number of hydrogen-bond acceptors (Lipinski definition) is 3. The van der Waals surface area contributed by atoms with Gasteiger partial charge in [0.15, 0.2) is 0 Å². The maximum atomic E-state index is 11.3. The molecule has 0 aromatic carbocycles. The third-order valence-electron chi connectivity index (χ3n) is 1.81.